The fourth-order valence-corrected chi connectivity index (χ4v) is 4.80. The van der Waals surface area contributed by atoms with Gasteiger partial charge >= 0.3 is 0 Å². The number of hydrogen-bond acceptors (Lipinski definition) is 4. The van der Waals surface area contributed by atoms with E-state index in [-0.39, 0.29) is 0 Å². The van der Waals surface area contributed by atoms with Crippen molar-refractivity contribution in [3.8, 4) is 0 Å². The van der Waals surface area contributed by atoms with Gasteiger partial charge in [-0.05, 0) is 70.1 Å². The topological polar surface area (TPSA) is 51.6 Å². The molecule has 0 saturated heterocycles. The molecule has 0 saturated carbocycles. The normalized spacial score (nSPS) is 11.8. The molecule has 4 heterocycles. The molecule has 148 valence electrons. The lowest BCUT2D eigenvalue weighted by Crippen LogP contribution is -1.86. The molecule has 0 aliphatic heterocycles. The van der Waals surface area contributed by atoms with E-state index in [1.807, 2.05) is 61.2 Å². The molecule has 0 aliphatic carbocycles. The summed E-state index contributed by atoms with van der Waals surface area (Å²) in [5, 5.41) is 9.84. The minimum Gasteiger partial charge on any atom is -0.256 e. The van der Waals surface area contributed by atoms with Crippen molar-refractivity contribution >= 4 is 65.2 Å². The predicted molar refractivity (Wildman–Crippen MR) is 131 cm³/mol. The van der Waals surface area contributed by atoms with Crippen LogP contribution in [0.2, 0.25) is 0 Å². The van der Waals surface area contributed by atoms with Gasteiger partial charge in [0.25, 0.3) is 0 Å². The summed E-state index contributed by atoms with van der Waals surface area (Å²) < 4.78 is 0. The van der Waals surface area contributed by atoms with Crippen LogP contribution in [0.3, 0.4) is 0 Å². The van der Waals surface area contributed by atoms with Crippen LogP contribution in [0, 0.1) is 0 Å². The van der Waals surface area contributed by atoms with Gasteiger partial charge in [-0.2, -0.15) is 0 Å². The summed E-state index contributed by atoms with van der Waals surface area (Å²) in [4.78, 5) is 17.6. The first kappa shape index (κ1) is 17.3. The lowest BCUT2D eigenvalue weighted by molar-refractivity contribution is 1.40. The fourth-order valence-electron chi connectivity index (χ4n) is 4.80. The van der Waals surface area contributed by atoms with Gasteiger partial charge in [0.15, 0.2) is 0 Å². The second-order valence-corrected chi connectivity index (χ2v) is 7.98. The molecule has 0 radical (unpaired) electrons. The summed E-state index contributed by atoms with van der Waals surface area (Å²) in [7, 11) is 0. The van der Waals surface area contributed by atoms with E-state index in [0.717, 1.165) is 22.1 Å². The summed E-state index contributed by atoms with van der Waals surface area (Å²) in [5.41, 5.74) is 4.18. The standard InChI is InChI=1S/2C14H8N2/c1-3-11-14-10(6-8-15-11)2-4-12-13(14)9(1)5-7-16-12;1-2-10-6-8-16-12-4-3-11-13(14(10)12)9(1)5-7-15-11/h2*1-8H. The average Bonchev–Trinajstić information content (AvgIpc) is 2.87. The number of nitrogens with zero attached hydrogens (tertiary/aromatic N) is 4. The predicted octanol–water partition coefficient (Wildman–Crippen LogP) is 6.75. The van der Waals surface area contributed by atoms with E-state index in [9.17, 15) is 0 Å². The van der Waals surface area contributed by atoms with E-state index in [1.54, 1.807) is 0 Å². The highest BCUT2D eigenvalue weighted by Gasteiger charge is 2.09. The van der Waals surface area contributed by atoms with E-state index in [0.29, 0.717) is 0 Å². The van der Waals surface area contributed by atoms with Crippen LogP contribution in [0.1, 0.15) is 0 Å². The molecule has 0 bridgehead atoms. The Morgan fingerprint density at radius 3 is 0.844 bits per heavy atom. The summed E-state index contributed by atoms with van der Waals surface area (Å²) >= 11 is 0. The van der Waals surface area contributed by atoms with Gasteiger partial charge in [0.05, 0.1) is 22.1 Å². The van der Waals surface area contributed by atoms with Gasteiger partial charge < -0.3 is 0 Å². The molecule has 0 fully saturated rings. The minimum absolute atomic E-state index is 1.05. The van der Waals surface area contributed by atoms with Gasteiger partial charge in [0.2, 0.25) is 0 Å². The Kier molecular flexibility index (Phi) is 3.52. The number of pyridine rings is 4. The Bertz CT molecular complexity index is 1490. The highest BCUT2D eigenvalue weighted by atomic mass is 14.7. The first-order valence-corrected chi connectivity index (χ1v) is 10.6. The maximum atomic E-state index is 4.41. The molecule has 0 spiro atoms. The third-order valence-electron chi connectivity index (χ3n) is 6.23. The Morgan fingerprint density at radius 2 is 0.531 bits per heavy atom. The monoisotopic (exact) mass is 408 g/mol. The van der Waals surface area contributed by atoms with Crippen molar-refractivity contribution in [3.63, 3.8) is 0 Å². The molecule has 0 amide bonds. The van der Waals surface area contributed by atoms with Crippen molar-refractivity contribution in [3.05, 3.63) is 97.6 Å². The van der Waals surface area contributed by atoms with Gasteiger partial charge in [-0.15, -0.1) is 0 Å². The Morgan fingerprint density at radius 1 is 0.281 bits per heavy atom. The number of rotatable bonds is 0. The zero-order chi connectivity index (χ0) is 21.1. The van der Waals surface area contributed by atoms with Crippen LogP contribution < -0.4 is 0 Å². The average molecular weight is 408 g/mol. The van der Waals surface area contributed by atoms with Crippen LogP contribution in [0.5, 0.6) is 0 Å². The quantitative estimate of drug-likeness (QED) is 0.261. The highest BCUT2D eigenvalue weighted by molar-refractivity contribution is 6.21. The second-order valence-electron chi connectivity index (χ2n) is 7.98. The SMILES string of the molecule is c1cc2ccc3ccnc4ccc(n1)c2c34.c1cc2ccc3nccc4ccc(n1)c2c43. The van der Waals surface area contributed by atoms with Crippen LogP contribution in [0.4, 0.5) is 0 Å². The first-order valence-electron chi connectivity index (χ1n) is 10.6. The molecule has 0 N–H and O–H groups in total. The van der Waals surface area contributed by atoms with E-state index in [4.69, 9.17) is 0 Å². The lowest BCUT2D eigenvalue weighted by atomic mass is 10.00. The smallest absolute Gasteiger partial charge is 0.0715 e. The Balaban J connectivity index is 0.000000113. The molecule has 32 heavy (non-hydrogen) atoms. The third-order valence-corrected chi connectivity index (χ3v) is 6.23. The largest absolute Gasteiger partial charge is 0.256 e. The molecule has 4 aromatic carbocycles. The van der Waals surface area contributed by atoms with Gasteiger partial charge in [0.1, 0.15) is 0 Å². The zero-order valence-electron chi connectivity index (χ0n) is 17.0. The van der Waals surface area contributed by atoms with Crippen LogP contribution in [-0.4, -0.2) is 19.9 Å². The van der Waals surface area contributed by atoms with E-state index in [2.05, 4.69) is 56.3 Å². The van der Waals surface area contributed by atoms with Crippen LogP contribution >= 0.6 is 0 Å². The molecule has 4 heteroatoms. The van der Waals surface area contributed by atoms with E-state index >= 15 is 0 Å². The van der Waals surface area contributed by atoms with Crippen molar-refractivity contribution in [2.45, 2.75) is 0 Å². The lowest BCUT2D eigenvalue weighted by Gasteiger charge is -2.08. The Hall–Kier alpha value is -4.44. The van der Waals surface area contributed by atoms with Crippen molar-refractivity contribution in [1.29, 1.82) is 0 Å². The second kappa shape index (κ2) is 6.53. The molecule has 4 aromatic heterocycles. The fraction of sp³-hybridized carbons (Fsp3) is 0. The zero-order valence-corrected chi connectivity index (χ0v) is 17.0. The highest BCUT2D eigenvalue weighted by Crippen LogP contribution is 2.33. The summed E-state index contributed by atoms with van der Waals surface area (Å²) in [6.07, 6.45) is 7.43. The number of benzene rings is 4. The summed E-state index contributed by atoms with van der Waals surface area (Å²) in [6, 6.07) is 24.9. The Labute approximate surface area is 182 Å². The molecule has 8 aromatic rings. The van der Waals surface area contributed by atoms with Gasteiger partial charge in [0, 0.05) is 46.3 Å². The van der Waals surface area contributed by atoms with Gasteiger partial charge in [-0.3, -0.25) is 19.9 Å². The molecular weight excluding hydrogens is 392 g/mol. The van der Waals surface area contributed by atoms with Crippen LogP contribution in [-0.2, 0) is 0 Å². The molecule has 0 atom stereocenters. The van der Waals surface area contributed by atoms with Crippen molar-refractivity contribution in [2.75, 3.05) is 0 Å². The van der Waals surface area contributed by atoms with Crippen LogP contribution in [0.15, 0.2) is 97.6 Å². The van der Waals surface area contributed by atoms with E-state index < -0.39 is 0 Å². The summed E-state index contributed by atoms with van der Waals surface area (Å²) in [6.45, 7) is 0. The third kappa shape index (κ3) is 2.44. The van der Waals surface area contributed by atoms with Gasteiger partial charge in [-0.1, -0.05) is 24.3 Å². The van der Waals surface area contributed by atoms with E-state index in [1.165, 1.54) is 43.1 Å². The number of hydrogen-bond donors (Lipinski definition) is 0. The summed E-state index contributed by atoms with van der Waals surface area (Å²) in [5.74, 6) is 0. The first-order chi connectivity index (χ1) is 15.9. The maximum absolute atomic E-state index is 4.41. The molecule has 0 unspecified atom stereocenters. The molecule has 4 nitrogen and oxygen atoms in total. The van der Waals surface area contributed by atoms with Crippen molar-refractivity contribution in [1.82, 2.24) is 19.9 Å². The minimum atomic E-state index is 1.05. The molecular formula is C28H16N4. The molecule has 8 rings (SSSR count). The number of aromatic nitrogens is 4. The maximum Gasteiger partial charge on any atom is 0.0715 e. The van der Waals surface area contributed by atoms with Crippen molar-refractivity contribution in [2.24, 2.45) is 0 Å². The van der Waals surface area contributed by atoms with Gasteiger partial charge in [-0.25, -0.2) is 0 Å². The molecule has 0 aliphatic rings. The van der Waals surface area contributed by atoms with Crippen molar-refractivity contribution < 1.29 is 0 Å². The van der Waals surface area contributed by atoms with Crippen LogP contribution in [0.25, 0.3) is 65.2 Å².